The standard InChI is InChI=1S/C30H34N4O3/c1-19(2)20(3)30(36)37-24-15-13-22(14-16-24)25-21(4)31-28-27(33-17-9-6-10-18-33)26(32-34(28)29(25)35)23-11-7-5-8-12-23/h5,7-8,11-16,19-20,32H,6,9-10,17-18H2,1-4H3/t20-/m0/s1. The highest BCUT2D eigenvalue weighted by molar-refractivity contribution is 5.87. The van der Waals surface area contributed by atoms with Crippen molar-refractivity contribution >= 4 is 17.3 Å². The molecular formula is C30H34N4O3. The smallest absolute Gasteiger partial charge is 0.314 e. The van der Waals surface area contributed by atoms with E-state index >= 15 is 0 Å². The molecule has 2 aromatic heterocycles. The third-order valence-electron chi connectivity index (χ3n) is 7.40. The number of anilines is 1. The number of aromatic nitrogens is 3. The van der Waals surface area contributed by atoms with Gasteiger partial charge < -0.3 is 9.64 Å². The van der Waals surface area contributed by atoms with E-state index in [1.807, 2.05) is 58.0 Å². The van der Waals surface area contributed by atoms with Crippen molar-refractivity contribution in [3.8, 4) is 28.1 Å². The summed E-state index contributed by atoms with van der Waals surface area (Å²) in [6.45, 7) is 9.62. The molecule has 37 heavy (non-hydrogen) atoms. The first-order valence-corrected chi connectivity index (χ1v) is 13.1. The molecule has 3 heterocycles. The average Bonchev–Trinajstić information content (AvgIpc) is 3.29. The first-order chi connectivity index (χ1) is 17.8. The summed E-state index contributed by atoms with van der Waals surface area (Å²) in [5, 5.41) is 3.37. The van der Waals surface area contributed by atoms with Crippen molar-refractivity contribution in [2.45, 2.75) is 47.0 Å². The second-order valence-corrected chi connectivity index (χ2v) is 10.3. The Labute approximate surface area is 217 Å². The Bertz CT molecular complexity index is 1460. The molecule has 5 rings (SSSR count). The zero-order valence-corrected chi connectivity index (χ0v) is 22.0. The molecule has 0 aliphatic carbocycles. The summed E-state index contributed by atoms with van der Waals surface area (Å²) in [7, 11) is 0. The molecule has 0 unspecified atom stereocenters. The molecule has 0 bridgehead atoms. The van der Waals surface area contributed by atoms with Crippen molar-refractivity contribution in [1.29, 1.82) is 0 Å². The molecule has 0 saturated carbocycles. The van der Waals surface area contributed by atoms with Crippen LogP contribution in [0.1, 0.15) is 45.7 Å². The molecule has 1 atom stereocenters. The van der Waals surface area contributed by atoms with Crippen LogP contribution in [-0.2, 0) is 4.79 Å². The molecule has 7 nitrogen and oxygen atoms in total. The molecule has 192 valence electrons. The number of piperidine rings is 1. The fourth-order valence-electron chi connectivity index (χ4n) is 4.89. The maximum atomic E-state index is 13.8. The van der Waals surface area contributed by atoms with Crippen LogP contribution in [0.5, 0.6) is 5.75 Å². The minimum Gasteiger partial charge on any atom is -0.426 e. The Hall–Kier alpha value is -3.87. The van der Waals surface area contributed by atoms with Crippen LogP contribution < -0.4 is 15.2 Å². The van der Waals surface area contributed by atoms with Crippen LogP contribution in [0.3, 0.4) is 0 Å². The fourth-order valence-corrected chi connectivity index (χ4v) is 4.89. The molecule has 1 aliphatic rings. The van der Waals surface area contributed by atoms with E-state index in [-0.39, 0.29) is 23.4 Å². The molecule has 1 saturated heterocycles. The number of hydrogen-bond donors (Lipinski definition) is 1. The van der Waals surface area contributed by atoms with Crippen LogP contribution in [0, 0.1) is 18.8 Å². The van der Waals surface area contributed by atoms with Gasteiger partial charge in [-0.05, 0) is 49.8 Å². The van der Waals surface area contributed by atoms with Gasteiger partial charge in [0.1, 0.15) is 11.4 Å². The molecule has 0 amide bonds. The van der Waals surface area contributed by atoms with E-state index in [9.17, 15) is 9.59 Å². The Morgan fingerprint density at radius 3 is 2.27 bits per heavy atom. The number of nitrogens with one attached hydrogen (secondary N) is 1. The lowest BCUT2D eigenvalue weighted by atomic mass is 9.98. The normalized spacial score (nSPS) is 14.8. The maximum Gasteiger partial charge on any atom is 0.314 e. The predicted octanol–water partition coefficient (Wildman–Crippen LogP) is 5.85. The second-order valence-electron chi connectivity index (χ2n) is 10.3. The lowest BCUT2D eigenvalue weighted by Gasteiger charge is -2.28. The van der Waals surface area contributed by atoms with Gasteiger partial charge in [-0.25, -0.2) is 4.98 Å². The first kappa shape index (κ1) is 24.8. The van der Waals surface area contributed by atoms with E-state index in [1.165, 1.54) is 6.42 Å². The van der Waals surface area contributed by atoms with Crippen molar-refractivity contribution in [3.63, 3.8) is 0 Å². The van der Waals surface area contributed by atoms with Gasteiger partial charge >= 0.3 is 5.97 Å². The SMILES string of the molecule is Cc1nc2c(N3CCCCC3)c(-c3ccccc3)[nH]n2c(=O)c1-c1ccc(OC(=O)[C@@H](C)C(C)C)cc1. The number of nitrogens with zero attached hydrogens (tertiary/aromatic N) is 3. The number of H-pyrrole nitrogens is 1. The van der Waals surface area contributed by atoms with Gasteiger partial charge in [-0.3, -0.25) is 14.7 Å². The topological polar surface area (TPSA) is 79.7 Å². The average molecular weight is 499 g/mol. The molecule has 1 N–H and O–H groups in total. The van der Waals surface area contributed by atoms with E-state index in [1.54, 1.807) is 16.6 Å². The Morgan fingerprint density at radius 1 is 0.946 bits per heavy atom. The number of esters is 1. The predicted molar refractivity (Wildman–Crippen MR) is 147 cm³/mol. The highest BCUT2D eigenvalue weighted by Gasteiger charge is 2.25. The lowest BCUT2D eigenvalue weighted by molar-refractivity contribution is -0.139. The van der Waals surface area contributed by atoms with E-state index in [4.69, 9.17) is 9.72 Å². The minimum absolute atomic E-state index is 0.152. The molecule has 0 radical (unpaired) electrons. The van der Waals surface area contributed by atoms with Crippen LogP contribution >= 0.6 is 0 Å². The van der Waals surface area contributed by atoms with E-state index in [0.29, 0.717) is 22.7 Å². The first-order valence-electron chi connectivity index (χ1n) is 13.1. The van der Waals surface area contributed by atoms with Crippen LogP contribution in [0.2, 0.25) is 0 Å². The Kier molecular flexibility index (Phi) is 6.87. The van der Waals surface area contributed by atoms with Gasteiger partial charge in [-0.2, -0.15) is 4.52 Å². The lowest BCUT2D eigenvalue weighted by Crippen LogP contribution is -2.30. The van der Waals surface area contributed by atoms with Crippen LogP contribution in [0.4, 0.5) is 5.69 Å². The third kappa shape index (κ3) is 4.78. The third-order valence-corrected chi connectivity index (χ3v) is 7.40. The van der Waals surface area contributed by atoms with E-state index < -0.39 is 0 Å². The number of carbonyl (C=O) groups is 1. The van der Waals surface area contributed by atoms with Crippen LogP contribution in [0.25, 0.3) is 28.0 Å². The monoisotopic (exact) mass is 498 g/mol. The van der Waals surface area contributed by atoms with Crippen molar-refractivity contribution in [1.82, 2.24) is 14.6 Å². The number of ether oxygens (including phenoxy) is 1. The summed E-state index contributed by atoms with van der Waals surface area (Å²) in [4.78, 5) is 33.5. The zero-order valence-electron chi connectivity index (χ0n) is 22.0. The number of carbonyl (C=O) groups excluding carboxylic acids is 1. The van der Waals surface area contributed by atoms with Crippen LogP contribution in [-0.4, -0.2) is 33.7 Å². The van der Waals surface area contributed by atoms with Crippen LogP contribution in [0.15, 0.2) is 59.4 Å². The quantitative estimate of drug-likeness (QED) is 0.266. The summed E-state index contributed by atoms with van der Waals surface area (Å²) in [6, 6.07) is 17.2. The molecule has 7 heteroatoms. The van der Waals surface area contributed by atoms with Crippen molar-refractivity contribution in [2.75, 3.05) is 18.0 Å². The molecule has 0 spiro atoms. The summed E-state index contributed by atoms with van der Waals surface area (Å²) in [6.07, 6.45) is 3.47. The minimum atomic E-state index is -0.257. The van der Waals surface area contributed by atoms with Gasteiger partial charge in [0, 0.05) is 18.7 Å². The number of aryl methyl sites for hydroxylation is 1. The molecule has 1 fully saturated rings. The number of fused-ring (bicyclic) bond motifs is 1. The summed E-state index contributed by atoms with van der Waals surface area (Å²) < 4.78 is 7.12. The zero-order chi connectivity index (χ0) is 26.1. The highest BCUT2D eigenvalue weighted by atomic mass is 16.5. The van der Waals surface area contributed by atoms with E-state index in [2.05, 4.69) is 22.1 Å². The van der Waals surface area contributed by atoms with Gasteiger partial charge in [-0.1, -0.05) is 63.2 Å². The van der Waals surface area contributed by atoms with Crippen molar-refractivity contribution in [3.05, 3.63) is 70.6 Å². The number of hydrogen-bond acceptors (Lipinski definition) is 5. The molecule has 2 aromatic carbocycles. The molecular weight excluding hydrogens is 464 g/mol. The van der Waals surface area contributed by atoms with Gasteiger partial charge in [0.25, 0.3) is 5.56 Å². The maximum absolute atomic E-state index is 13.8. The largest absolute Gasteiger partial charge is 0.426 e. The number of benzene rings is 2. The Balaban J connectivity index is 1.57. The summed E-state index contributed by atoms with van der Waals surface area (Å²) in [5.41, 5.74) is 5.34. The summed E-state index contributed by atoms with van der Waals surface area (Å²) >= 11 is 0. The number of aromatic amines is 1. The summed E-state index contributed by atoms with van der Waals surface area (Å²) in [5.74, 6) is 0.210. The second kappa shape index (κ2) is 10.2. The molecule has 4 aromatic rings. The van der Waals surface area contributed by atoms with Gasteiger partial charge in [0.05, 0.1) is 22.9 Å². The van der Waals surface area contributed by atoms with Gasteiger partial charge in [-0.15, -0.1) is 0 Å². The Morgan fingerprint density at radius 2 is 1.62 bits per heavy atom. The van der Waals surface area contributed by atoms with Crippen molar-refractivity contribution < 1.29 is 9.53 Å². The molecule has 1 aliphatic heterocycles. The van der Waals surface area contributed by atoms with Gasteiger partial charge in [0.15, 0.2) is 5.65 Å². The van der Waals surface area contributed by atoms with Crippen molar-refractivity contribution in [2.24, 2.45) is 11.8 Å². The highest BCUT2D eigenvalue weighted by Crippen LogP contribution is 2.35. The fraction of sp³-hybridized carbons (Fsp3) is 0.367. The number of rotatable bonds is 6. The van der Waals surface area contributed by atoms with E-state index in [0.717, 1.165) is 48.4 Å². The van der Waals surface area contributed by atoms with Gasteiger partial charge in [0.2, 0.25) is 0 Å².